The normalized spacial score (nSPS) is 26.6. The maximum Gasteiger partial charge on any atom is 0.326 e. The number of aliphatic carboxylic acids is 1. The molecule has 3 fully saturated rings. The zero-order chi connectivity index (χ0) is 31.8. The van der Waals surface area contributed by atoms with E-state index in [1.165, 1.54) is 12.0 Å². The van der Waals surface area contributed by atoms with Crippen LogP contribution < -0.4 is 15.0 Å². The number of methoxy groups -OCH3 is 1. The molecule has 5 atom stereocenters. The molecule has 240 valence electrons. The van der Waals surface area contributed by atoms with Crippen molar-refractivity contribution in [3.8, 4) is 5.75 Å². The van der Waals surface area contributed by atoms with Gasteiger partial charge in [0, 0.05) is 56.5 Å². The highest BCUT2D eigenvalue weighted by Crippen LogP contribution is 2.50. The number of pyridine rings is 1. The maximum absolute atomic E-state index is 14.4. The molecule has 9 nitrogen and oxygen atoms in total. The summed E-state index contributed by atoms with van der Waals surface area (Å²) in [6.45, 7) is 9.49. The molecule has 1 saturated carbocycles. The number of hydrogen-bond acceptors (Lipinski definition) is 7. The number of ether oxygens (including phenoxy) is 2. The third kappa shape index (κ3) is 6.05. The molecule has 2 N–H and O–H groups in total. The van der Waals surface area contributed by atoms with Crippen LogP contribution in [0.2, 0.25) is 0 Å². The van der Waals surface area contributed by atoms with Crippen molar-refractivity contribution in [1.82, 2.24) is 15.2 Å². The number of likely N-dealkylation sites (tertiary alicyclic amines) is 1. The lowest BCUT2D eigenvalue weighted by molar-refractivity contribution is -0.159. The average Bonchev–Trinajstić information content (AvgIpc) is 3.34. The Labute approximate surface area is 262 Å². The number of hydrogen-bond donors (Lipinski definition) is 2. The first kappa shape index (κ1) is 32.2. The fourth-order valence-corrected chi connectivity index (χ4v) is 7.68. The summed E-state index contributed by atoms with van der Waals surface area (Å²) < 4.78 is 11.8. The van der Waals surface area contributed by atoms with Crippen LogP contribution in [0.1, 0.15) is 89.0 Å². The number of rotatable bonds is 9. The van der Waals surface area contributed by atoms with E-state index < -0.39 is 35.5 Å². The number of carboxylic acid groups (broad SMARTS) is 1. The molecule has 0 unspecified atom stereocenters. The van der Waals surface area contributed by atoms with Crippen molar-refractivity contribution >= 4 is 17.7 Å². The first-order valence-electron chi connectivity index (χ1n) is 16.1. The molecule has 1 aromatic heterocycles. The van der Waals surface area contributed by atoms with E-state index in [1.807, 2.05) is 37.2 Å². The second kappa shape index (κ2) is 12.7. The number of benzene rings is 1. The van der Waals surface area contributed by atoms with Gasteiger partial charge in [0.25, 0.3) is 5.91 Å². The zero-order valence-corrected chi connectivity index (χ0v) is 27.4. The van der Waals surface area contributed by atoms with Crippen LogP contribution in [-0.2, 0) is 26.3 Å². The fourth-order valence-electron chi connectivity index (χ4n) is 7.68. The Balaban J connectivity index is 1.63. The van der Waals surface area contributed by atoms with Gasteiger partial charge in [0.2, 0.25) is 0 Å². The van der Waals surface area contributed by atoms with E-state index in [-0.39, 0.29) is 17.4 Å². The maximum atomic E-state index is 14.4. The van der Waals surface area contributed by atoms with E-state index in [1.54, 1.807) is 18.2 Å². The Morgan fingerprint density at radius 1 is 1.18 bits per heavy atom. The molecule has 44 heavy (non-hydrogen) atoms. The molecule has 0 spiro atoms. The van der Waals surface area contributed by atoms with Crippen molar-refractivity contribution in [1.29, 1.82) is 0 Å². The lowest BCUT2D eigenvalue weighted by Crippen LogP contribution is -2.51. The topological polar surface area (TPSA) is 104 Å². The monoisotopic (exact) mass is 606 g/mol. The molecule has 1 amide bonds. The summed E-state index contributed by atoms with van der Waals surface area (Å²) in [5.41, 5.74) is 2.86. The van der Waals surface area contributed by atoms with Crippen LogP contribution in [0.15, 0.2) is 36.5 Å². The van der Waals surface area contributed by atoms with Crippen molar-refractivity contribution in [2.24, 2.45) is 11.3 Å². The van der Waals surface area contributed by atoms with E-state index in [0.717, 1.165) is 42.6 Å². The molecule has 1 aromatic carbocycles. The number of aromatic nitrogens is 1. The molecule has 2 aromatic rings. The Morgan fingerprint density at radius 2 is 1.93 bits per heavy atom. The Morgan fingerprint density at radius 3 is 2.50 bits per heavy atom. The first-order valence-corrected chi connectivity index (χ1v) is 16.1. The summed E-state index contributed by atoms with van der Waals surface area (Å²) in [5, 5.41) is 14.7. The molecule has 0 radical (unpaired) electrons. The first-order chi connectivity index (χ1) is 20.9. The van der Waals surface area contributed by atoms with Crippen molar-refractivity contribution in [3.63, 3.8) is 0 Å². The standard InChI is InChI=1S/C35H50N4O5/c1-34(2,3)27-28(37-21-22-20-23(14-15-25(22)43-7)35(4)16-11-17-35)29(24-12-10-18-36-31(24)38(5)6)39(30(27)33(41)42)32(40)26-13-8-9-19-44-26/h10,12,14-15,18,20,26-30,37H,8-9,11,13,16-17,19,21H2,1-7H3,(H,41,42)/t26-,27+,28+,29+,30+/m1/s1. The van der Waals surface area contributed by atoms with Crippen LogP contribution in [0.25, 0.3) is 0 Å². The molecule has 3 aliphatic rings. The number of nitrogens with one attached hydrogen (secondary N) is 1. The Kier molecular flexibility index (Phi) is 9.29. The second-order valence-electron chi connectivity index (χ2n) is 14.4. The number of amides is 1. The van der Waals surface area contributed by atoms with E-state index in [9.17, 15) is 14.7 Å². The van der Waals surface area contributed by atoms with Gasteiger partial charge < -0.3 is 29.7 Å². The molecule has 2 aliphatic heterocycles. The van der Waals surface area contributed by atoms with Crippen LogP contribution in [0.3, 0.4) is 0 Å². The molecule has 9 heteroatoms. The molecule has 5 rings (SSSR count). The summed E-state index contributed by atoms with van der Waals surface area (Å²) in [7, 11) is 5.53. The molecule has 2 saturated heterocycles. The minimum atomic E-state index is -1.05. The van der Waals surface area contributed by atoms with Gasteiger partial charge in [0.1, 0.15) is 23.7 Å². The molecular weight excluding hydrogens is 556 g/mol. The number of nitrogens with zero attached hydrogens (tertiary/aromatic N) is 3. The Bertz CT molecular complexity index is 1340. The van der Waals surface area contributed by atoms with Gasteiger partial charge in [-0.05, 0) is 60.6 Å². The molecule has 3 heterocycles. The van der Waals surface area contributed by atoms with Crippen LogP contribution in [0.5, 0.6) is 5.75 Å². The van der Waals surface area contributed by atoms with Gasteiger partial charge in [-0.25, -0.2) is 9.78 Å². The number of carbonyl (C=O) groups excluding carboxylic acids is 1. The quantitative estimate of drug-likeness (QED) is 0.395. The number of carbonyl (C=O) groups is 2. The van der Waals surface area contributed by atoms with Gasteiger partial charge in [-0.2, -0.15) is 0 Å². The third-order valence-electron chi connectivity index (χ3n) is 10.2. The summed E-state index contributed by atoms with van der Waals surface area (Å²) in [6.07, 6.45) is 7.00. The summed E-state index contributed by atoms with van der Waals surface area (Å²) in [4.78, 5) is 35.9. The van der Waals surface area contributed by atoms with Crippen LogP contribution in [0, 0.1) is 11.3 Å². The lowest BCUT2D eigenvalue weighted by atomic mass is 9.66. The van der Waals surface area contributed by atoms with Gasteiger partial charge in [-0.1, -0.05) is 52.3 Å². The lowest BCUT2D eigenvalue weighted by Gasteiger charge is -2.39. The highest BCUT2D eigenvalue weighted by atomic mass is 16.5. The van der Waals surface area contributed by atoms with Crippen molar-refractivity contribution in [2.75, 3.05) is 32.7 Å². The number of carboxylic acids is 1. The van der Waals surface area contributed by atoms with Gasteiger partial charge in [-0.3, -0.25) is 4.79 Å². The van der Waals surface area contributed by atoms with E-state index in [2.05, 4.69) is 50.1 Å². The molecule has 1 aliphatic carbocycles. The fraction of sp³-hybridized carbons (Fsp3) is 0.629. The minimum absolute atomic E-state index is 0.165. The number of anilines is 1. The molecular formula is C35H50N4O5. The average molecular weight is 607 g/mol. The van der Waals surface area contributed by atoms with Crippen molar-refractivity contribution in [3.05, 3.63) is 53.2 Å². The third-order valence-corrected chi connectivity index (χ3v) is 10.2. The van der Waals surface area contributed by atoms with Gasteiger partial charge >= 0.3 is 5.97 Å². The van der Waals surface area contributed by atoms with Crippen molar-refractivity contribution in [2.45, 2.75) is 102 Å². The Hall–Kier alpha value is -3.17. The van der Waals surface area contributed by atoms with Crippen LogP contribution in [-0.4, -0.2) is 72.9 Å². The highest BCUT2D eigenvalue weighted by molar-refractivity contribution is 5.88. The minimum Gasteiger partial charge on any atom is -0.496 e. The van der Waals surface area contributed by atoms with E-state index in [0.29, 0.717) is 25.4 Å². The van der Waals surface area contributed by atoms with E-state index in [4.69, 9.17) is 9.47 Å². The van der Waals surface area contributed by atoms with Gasteiger partial charge in [0.15, 0.2) is 0 Å². The summed E-state index contributed by atoms with van der Waals surface area (Å²) >= 11 is 0. The van der Waals surface area contributed by atoms with Gasteiger partial charge in [-0.15, -0.1) is 0 Å². The SMILES string of the molecule is COc1ccc(C2(C)CCC2)cc1CN[C@H]1[C@H](C(C)(C)C)[C@@H](C(=O)O)N(C(=O)[C@H]2CCCCO2)[C@H]1c1cccnc1N(C)C. The van der Waals surface area contributed by atoms with Gasteiger partial charge in [0.05, 0.1) is 13.2 Å². The molecule has 0 bridgehead atoms. The van der Waals surface area contributed by atoms with E-state index >= 15 is 0 Å². The largest absolute Gasteiger partial charge is 0.496 e. The van der Waals surface area contributed by atoms with Crippen molar-refractivity contribution < 1.29 is 24.2 Å². The summed E-state index contributed by atoms with van der Waals surface area (Å²) in [5.74, 6) is -0.170. The van der Waals surface area contributed by atoms with Crippen LogP contribution >= 0.6 is 0 Å². The highest BCUT2D eigenvalue weighted by Gasteiger charge is 2.59. The predicted octanol–water partition coefficient (Wildman–Crippen LogP) is 5.32. The van der Waals surface area contributed by atoms with Crippen LogP contribution in [0.4, 0.5) is 5.82 Å². The summed E-state index contributed by atoms with van der Waals surface area (Å²) in [6, 6.07) is 8.28. The second-order valence-corrected chi connectivity index (χ2v) is 14.4. The smallest absolute Gasteiger partial charge is 0.326 e. The predicted molar refractivity (Wildman–Crippen MR) is 171 cm³/mol. The zero-order valence-electron chi connectivity index (χ0n) is 27.4.